The lowest BCUT2D eigenvalue weighted by atomic mass is 10.0. The summed E-state index contributed by atoms with van der Waals surface area (Å²) >= 11 is 0. The van der Waals surface area contributed by atoms with Gasteiger partial charge in [0.2, 0.25) is 0 Å². The minimum absolute atomic E-state index is 0.821. The molecule has 0 saturated heterocycles. The number of rotatable bonds is 14. The second-order valence-electron chi connectivity index (χ2n) is 18.3. The van der Waals surface area contributed by atoms with E-state index in [4.69, 9.17) is 9.97 Å². The van der Waals surface area contributed by atoms with Gasteiger partial charge in [0, 0.05) is 79.4 Å². The number of aryl methyl sites for hydroxylation is 1. The Balaban J connectivity index is 0.890. The van der Waals surface area contributed by atoms with E-state index < -0.39 is 0 Å². The molecular weight excluding hydrogens is 913 g/mol. The Morgan fingerprint density at radius 3 is 0.707 bits per heavy atom. The highest BCUT2D eigenvalue weighted by molar-refractivity contribution is 5.90. The average Bonchev–Trinajstić information content (AvgIpc) is 3.48. The number of anilines is 12. The van der Waals surface area contributed by atoms with Crippen molar-refractivity contribution in [3.05, 3.63) is 303 Å². The first-order valence-electron chi connectivity index (χ1n) is 25.3. The van der Waals surface area contributed by atoms with Gasteiger partial charge in [-0.15, -0.1) is 0 Å². The van der Waals surface area contributed by atoms with Crippen LogP contribution in [-0.4, -0.2) is 9.97 Å². The lowest BCUT2D eigenvalue weighted by molar-refractivity contribution is 1.25. The lowest BCUT2D eigenvalue weighted by Crippen LogP contribution is -2.12. The fourth-order valence-electron chi connectivity index (χ4n) is 9.91. The molecule has 0 spiro atoms. The van der Waals surface area contributed by atoms with E-state index in [-0.39, 0.29) is 0 Å². The molecule has 0 bridgehead atoms. The predicted octanol–water partition coefficient (Wildman–Crippen LogP) is 19.2. The third-order valence-corrected chi connectivity index (χ3v) is 13.5. The number of hydrogen-bond acceptors (Lipinski definition) is 6. The maximum absolute atomic E-state index is 5.41. The van der Waals surface area contributed by atoms with Crippen LogP contribution in [0.5, 0.6) is 0 Å². The Kier molecular flexibility index (Phi) is 12.9. The van der Waals surface area contributed by atoms with Gasteiger partial charge in [0.25, 0.3) is 0 Å². The number of nitrogens with zero attached hydrogens (tertiary/aromatic N) is 6. The van der Waals surface area contributed by atoms with Gasteiger partial charge in [0.05, 0.1) is 22.4 Å². The van der Waals surface area contributed by atoms with Crippen LogP contribution in [-0.2, 0) is 0 Å². The zero-order valence-electron chi connectivity index (χ0n) is 41.5. The Bertz CT molecular complexity index is 3710. The van der Waals surface area contributed by atoms with Gasteiger partial charge in [0.1, 0.15) is 0 Å². The number of aromatic nitrogens is 2. The largest absolute Gasteiger partial charge is 0.311 e. The van der Waals surface area contributed by atoms with Crippen LogP contribution in [0.15, 0.2) is 297 Å². The summed E-state index contributed by atoms with van der Waals surface area (Å²) in [7, 11) is 0. The fraction of sp³-hybridized carbons (Fsp3) is 0.0145. The van der Waals surface area contributed by atoms with Crippen molar-refractivity contribution < 1.29 is 0 Å². The maximum atomic E-state index is 5.41. The van der Waals surface area contributed by atoms with Gasteiger partial charge in [-0.1, -0.05) is 146 Å². The molecule has 0 aliphatic heterocycles. The standard InChI is InChI=1S/C69H52N6/c1-51-21-20-34-66-67(51)71-69(53-37-41-61(42-38-53)75(59-32-18-7-19-33-59)65-49-45-63(46-50-65)73(56-26-12-4-13-27-56)57-28-14-5-15-29-57)68(70-66)52-35-39-60(40-36-52)74(58-30-16-6-17-31-58)64-47-43-62(44-48-64)72(54-22-8-2-9-23-54)55-24-10-3-11-25-55/h2-50H,1H3. The SMILES string of the molecule is Cc1cccc2nc(-c3ccc(N(c4ccccc4)c4ccc(N(c5ccccc5)c5ccccc5)cc4)cc3)c(-c3ccc(N(c4ccccc4)c4ccc(N(c5ccccc5)c5ccccc5)cc4)cc3)nc12. The molecule has 6 nitrogen and oxygen atoms in total. The fourth-order valence-corrected chi connectivity index (χ4v) is 9.91. The second-order valence-corrected chi connectivity index (χ2v) is 18.3. The van der Waals surface area contributed by atoms with E-state index in [0.717, 1.165) is 107 Å². The average molecular weight is 965 g/mol. The first-order chi connectivity index (χ1) is 37.1. The van der Waals surface area contributed by atoms with Crippen molar-refractivity contribution in [3.8, 4) is 22.5 Å². The molecule has 12 rings (SSSR count). The van der Waals surface area contributed by atoms with E-state index in [9.17, 15) is 0 Å². The van der Waals surface area contributed by atoms with Crippen LogP contribution in [0.1, 0.15) is 5.56 Å². The summed E-state index contributed by atoms with van der Waals surface area (Å²) in [5, 5.41) is 0. The van der Waals surface area contributed by atoms with E-state index >= 15 is 0 Å². The van der Waals surface area contributed by atoms with Crippen molar-refractivity contribution in [2.45, 2.75) is 6.92 Å². The van der Waals surface area contributed by atoms with Gasteiger partial charge in [0.15, 0.2) is 0 Å². The van der Waals surface area contributed by atoms with Crippen LogP contribution in [0.3, 0.4) is 0 Å². The Labute approximate surface area is 439 Å². The van der Waals surface area contributed by atoms with Crippen LogP contribution < -0.4 is 19.6 Å². The van der Waals surface area contributed by atoms with Crippen LogP contribution >= 0.6 is 0 Å². The minimum atomic E-state index is 0.821. The van der Waals surface area contributed by atoms with Crippen LogP contribution in [0.25, 0.3) is 33.5 Å². The van der Waals surface area contributed by atoms with Gasteiger partial charge in [-0.2, -0.15) is 0 Å². The summed E-state index contributed by atoms with van der Waals surface area (Å²) in [4.78, 5) is 20.0. The van der Waals surface area contributed by atoms with Gasteiger partial charge in [-0.3, -0.25) is 0 Å². The third kappa shape index (κ3) is 9.60. The van der Waals surface area contributed by atoms with E-state index in [1.54, 1.807) is 0 Å². The monoisotopic (exact) mass is 964 g/mol. The Morgan fingerprint density at radius 1 is 0.213 bits per heavy atom. The Morgan fingerprint density at radius 2 is 0.440 bits per heavy atom. The van der Waals surface area contributed by atoms with Crippen molar-refractivity contribution in [1.82, 2.24) is 9.97 Å². The van der Waals surface area contributed by atoms with Gasteiger partial charge >= 0.3 is 0 Å². The van der Waals surface area contributed by atoms with Crippen molar-refractivity contribution in [1.29, 1.82) is 0 Å². The highest BCUT2D eigenvalue weighted by atomic mass is 15.2. The molecule has 0 aliphatic rings. The summed E-state index contributed by atoms with van der Waals surface area (Å²) in [5.74, 6) is 0. The maximum Gasteiger partial charge on any atom is 0.0973 e. The molecule has 0 radical (unpaired) electrons. The summed E-state index contributed by atoms with van der Waals surface area (Å²) in [6.07, 6.45) is 0. The van der Waals surface area contributed by atoms with Gasteiger partial charge in [-0.25, -0.2) is 9.97 Å². The summed E-state index contributed by atoms with van der Waals surface area (Å²) < 4.78 is 0. The molecule has 0 amide bonds. The molecular formula is C69H52N6. The predicted molar refractivity (Wildman–Crippen MR) is 314 cm³/mol. The molecule has 1 heterocycles. The normalized spacial score (nSPS) is 11.0. The number of fused-ring (bicyclic) bond motifs is 1. The second kappa shape index (κ2) is 21.0. The van der Waals surface area contributed by atoms with Crippen LogP contribution in [0.4, 0.5) is 68.2 Å². The molecule has 0 atom stereocenters. The van der Waals surface area contributed by atoms with E-state index in [0.29, 0.717) is 0 Å². The Hall–Kier alpha value is -10.0. The number of benzene rings is 11. The van der Waals surface area contributed by atoms with Crippen LogP contribution in [0, 0.1) is 6.92 Å². The molecule has 0 unspecified atom stereocenters. The van der Waals surface area contributed by atoms with Gasteiger partial charge < -0.3 is 19.6 Å². The lowest BCUT2D eigenvalue weighted by Gasteiger charge is -2.28. The molecule has 1 aromatic heterocycles. The number of para-hydroxylation sites is 7. The minimum Gasteiger partial charge on any atom is -0.311 e. The van der Waals surface area contributed by atoms with Crippen molar-refractivity contribution in [2.75, 3.05) is 19.6 Å². The molecule has 11 aromatic carbocycles. The quantitative estimate of drug-likeness (QED) is 0.108. The summed E-state index contributed by atoms with van der Waals surface area (Å²) in [6.45, 7) is 2.10. The smallest absolute Gasteiger partial charge is 0.0973 e. The first kappa shape index (κ1) is 46.1. The highest BCUT2D eigenvalue weighted by Crippen LogP contribution is 2.43. The molecule has 0 fully saturated rings. The molecule has 0 saturated carbocycles. The molecule has 75 heavy (non-hydrogen) atoms. The zero-order valence-corrected chi connectivity index (χ0v) is 41.5. The van der Waals surface area contributed by atoms with E-state index in [1.165, 1.54) is 0 Å². The molecule has 12 aromatic rings. The first-order valence-corrected chi connectivity index (χ1v) is 25.3. The van der Waals surface area contributed by atoms with Crippen molar-refractivity contribution in [2.24, 2.45) is 0 Å². The zero-order chi connectivity index (χ0) is 50.3. The van der Waals surface area contributed by atoms with Crippen molar-refractivity contribution in [3.63, 3.8) is 0 Å². The van der Waals surface area contributed by atoms with E-state index in [2.05, 4.69) is 324 Å². The third-order valence-electron chi connectivity index (χ3n) is 13.5. The molecule has 6 heteroatoms. The topological polar surface area (TPSA) is 38.7 Å². The van der Waals surface area contributed by atoms with Crippen LogP contribution in [0.2, 0.25) is 0 Å². The number of hydrogen-bond donors (Lipinski definition) is 0. The molecule has 0 N–H and O–H groups in total. The highest BCUT2D eigenvalue weighted by Gasteiger charge is 2.21. The summed E-state index contributed by atoms with van der Waals surface area (Å²) in [6, 6.07) is 104. The molecule has 0 aliphatic carbocycles. The van der Waals surface area contributed by atoms with Gasteiger partial charge in [-0.05, 0) is 164 Å². The van der Waals surface area contributed by atoms with Crippen molar-refractivity contribution >= 4 is 79.3 Å². The summed E-state index contributed by atoms with van der Waals surface area (Å²) in [5.41, 5.74) is 19.2. The van der Waals surface area contributed by atoms with E-state index in [1.807, 2.05) is 0 Å². The molecule has 358 valence electrons.